The SMILES string of the molecule is Cc1cc(C)c(NS(=O)(=O)NC2CC2)c(Br)c1. The summed E-state index contributed by atoms with van der Waals surface area (Å²) in [5.41, 5.74) is 2.59. The third-order valence-electron chi connectivity index (χ3n) is 2.57. The Balaban J connectivity index is 2.23. The zero-order chi connectivity index (χ0) is 12.6. The Bertz CT molecular complexity index is 515. The number of anilines is 1. The Kier molecular flexibility index (Phi) is 3.47. The lowest BCUT2D eigenvalue weighted by Gasteiger charge is -2.13. The van der Waals surface area contributed by atoms with Crippen LogP contribution in [0.25, 0.3) is 0 Å². The molecule has 4 nitrogen and oxygen atoms in total. The molecule has 0 heterocycles. The fraction of sp³-hybridized carbons (Fsp3) is 0.455. The molecule has 1 saturated carbocycles. The Labute approximate surface area is 110 Å². The molecule has 0 saturated heterocycles. The molecule has 1 aliphatic rings. The lowest BCUT2D eigenvalue weighted by Crippen LogP contribution is -2.32. The monoisotopic (exact) mass is 318 g/mol. The Morgan fingerprint density at radius 2 is 1.94 bits per heavy atom. The van der Waals surface area contributed by atoms with Crippen molar-refractivity contribution in [3.63, 3.8) is 0 Å². The van der Waals surface area contributed by atoms with Gasteiger partial charge in [-0.15, -0.1) is 0 Å². The number of hydrogen-bond acceptors (Lipinski definition) is 2. The van der Waals surface area contributed by atoms with Crippen LogP contribution in [0.15, 0.2) is 16.6 Å². The fourth-order valence-corrected chi connectivity index (χ4v) is 3.81. The molecule has 0 unspecified atom stereocenters. The van der Waals surface area contributed by atoms with Crippen molar-refractivity contribution in [2.45, 2.75) is 32.7 Å². The van der Waals surface area contributed by atoms with Gasteiger partial charge in [-0.3, -0.25) is 4.72 Å². The molecule has 0 spiro atoms. The van der Waals surface area contributed by atoms with Crippen LogP contribution >= 0.6 is 15.9 Å². The summed E-state index contributed by atoms with van der Waals surface area (Å²) >= 11 is 3.38. The first-order valence-corrected chi connectivity index (χ1v) is 7.72. The van der Waals surface area contributed by atoms with E-state index in [-0.39, 0.29) is 6.04 Å². The van der Waals surface area contributed by atoms with E-state index in [1.807, 2.05) is 26.0 Å². The number of aryl methyl sites for hydroxylation is 2. The third-order valence-corrected chi connectivity index (χ3v) is 4.31. The maximum Gasteiger partial charge on any atom is 0.299 e. The summed E-state index contributed by atoms with van der Waals surface area (Å²) in [7, 11) is -3.46. The first-order chi connectivity index (χ1) is 7.87. The standard InChI is InChI=1S/C11H15BrN2O2S/c1-7-5-8(2)11(10(12)6-7)14-17(15,16)13-9-3-4-9/h5-6,9,13-14H,3-4H2,1-2H3. The van der Waals surface area contributed by atoms with Crippen molar-refractivity contribution in [3.8, 4) is 0 Å². The van der Waals surface area contributed by atoms with Gasteiger partial charge in [-0.2, -0.15) is 13.1 Å². The smallest absolute Gasteiger partial charge is 0.270 e. The second-order valence-corrected chi connectivity index (χ2v) is 6.74. The normalized spacial score (nSPS) is 15.9. The average molecular weight is 319 g/mol. The van der Waals surface area contributed by atoms with Crippen molar-refractivity contribution in [3.05, 3.63) is 27.7 Å². The summed E-state index contributed by atoms with van der Waals surface area (Å²) in [4.78, 5) is 0. The minimum Gasteiger partial charge on any atom is -0.270 e. The van der Waals surface area contributed by atoms with Crippen molar-refractivity contribution >= 4 is 31.8 Å². The predicted octanol–water partition coefficient (Wildman–Crippen LogP) is 2.47. The van der Waals surface area contributed by atoms with E-state index in [1.165, 1.54) is 0 Å². The van der Waals surface area contributed by atoms with Gasteiger partial charge in [-0.25, -0.2) is 0 Å². The maximum absolute atomic E-state index is 11.8. The first-order valence-electron chi connectivity index (χ1n) is 5.44. The second kappa shape index (κ2) is 4.59. The van der Waals surface area contributed by atoms with Gasteiger partial charge < -0.3 is 0 Å². The maximum atomic E-state index is 11.8. The minimum absolute atomic E-state index is 0.108. The Hall–Kier alpha value is -0.590. The van der Waals surface area contributed by atoms with E-state index in [0.717, 1.165) is 28.4 Å². The van der Waals surface area contributed by atoms with Crippen molar-refractivity contribution in [2.24, 2.45) is 0 Å². The van der Waals surface area contributed by atoms with E-state index in [9.17, 15) is 8.42 Å². The van der Waals surface area contributed by atoms with Crippen molar-refractivity contribution in [2.75, 3.05) is 4.72 Å². The molecule has 0 atom stereocenters. The Morgan fingerprint density at radius 1 is 1.29 bits per heavy atom. The molecule has 2 N–H and O–H groups in total. The quantitative estimate of drug-likeness (QED) is 0.896. The summed E-state index contributed by atoms with van der Waals surface area (Å²) in [5.74, 6) is 0. The van der Waals surface area contributed by atoms with Gasteiger partial charge >= 0.3 is 0 Å². The summed E-state index contributed by atoms with van der Waals surface area (Å²) in [6.07, 6.45) is 1.85. The van der Waals surface area contributed by atoms with E-state index >= 15 is 0 Å². The van der Waals surface area contributed by atoms with E-state index < -0.39 is 10.2 Å². The van der Waals surface area contributed by atoms with Crippen LogP contribution in [0, 0.1) is 13.8 Å². The topological polar surface area (TPSA) is 58.2 Å². The molecular weight excluding hydrogens is 304 g/mol. The van der Waals surface area contributed by atoms with Gasteiger partial charge in [-0.05, 0) is 59.8 Å². The summed E-state index contributed by atoms with van der Waals surface area (Å²) in [6, 6.07) is 3.94. The zero-order valence-electron chi connectivity index (χ0n) is 9.75. The number of hydrogen-bond donors (Lipinski definition) is 2. The highest BCUT2D eigenvalue weighted by molar-refractivity contribution is 9.10. The average Bonchev–Trinajstić information content (AvgIpc) is 2.94. The van der Waals surface area contributed by atoms with Gasteiger partial charge in [0.05, 0.1) is 5.69 Å². The van der Waals surface area contributed by atoms with Gasteiger partial charge in [-0.1, -0.05) is 6.07 Å². The number of benzene rings is 1. The molecule has 0 amide bonds. The van der Waals surface area contributed by atoms with Crippen LogP contribution in [0.1, 0.15) is 24.0 Å². The van der Waals surface area contributed by atoms with E-state index in [0.29, 0.717) is 5.69 Å². The van der Waals surface area contributed by atoms with E-state index in [2.05, 4.69) is 25.4 Å². The Morgan fingerprint density at radius 3 is 2.47 bits per heavy atom. The predicted molar refractivity (Wildman–Crippen MR) is 72.3 cm³/mol. The summed E-state index contributed by atoms with van der Waals surface area (Å²) < 4.78 is 29.5. The molecule has 17 heavy (non-hydrogen) atoms. The highest BCUT2D eigenvalue weighted by atomic mass is 79.9. The molecule has 1 fully saturated rings. The summed E-state index contributed by atoms with van der Waals surface area (Å²) in [5, 5.41) is 0. The molecule has 0 aliphatic heterocycles. The second-order valence-electron chi connectivity index (χ2n) is 4.44. The lowest BCUT2D eigenvalue weighted by molar-refractivity contribution is 0.586. The highest BCUT2D eigenvalue weighted by Gasteiger charge is 2.27. The molecule has 1 aliphatic carbocycles. The largest absolute Gasteiger partial charge is 0.299 e. The molecule has 0 radical (unpaired) electrons. The first kappa shape index (κ1) is 12.9. The molecule has 94 valence electrons. The number of halogens is 1. The van der Waals surface area contributed by atoms with Gasteiger partial charge in [0, 0.05) is 10.5 Å². The minimum atomic E-state index is -3.46. The van der Waals surface area contributed by atoms with Crippen LogP contribution in [-0.4, -0.2) is 14.5 Å². The van der Waals surface area contributed by atoms with Crippen molar-refractivity contribution in [1.29, 1.82) is 0 Å². The van der Waals surface area contributed by atoms with Crippen LogP contribution in [0.5, 0.6) is 0 Å². The van der Waals surface area contributed by atoms with E-state index in [4.69, 9.17) is 0 Å². The number of nitrogens with one attached hydrogen (secondary N) is 2. The van der Waals surface area contributed by atoms with Crippen LogP contribution in [0.2, 0.25) is 0 Å². The number of rotatable bonds is 4. The van der Waals surface area contributed by atoms with E-state index in [1.54, 1.807) is 0 Å². The van der Waals surface area contributed by atoms with Crippen molar-refractivity contribution < 1.29 is 8.42 Å². The molecular formula is C11H15BrN2O2S. The molecule has 6 heteroatoms. The molecule has 1 aromatic carbocycles. The van der Waals surface area contributed by atoms with Crippen molar-refractivity contribution in [1.82, 2.24) is 4.72 Å². The lowest BCUT2D eigenvalue weighted by atomic mass is 10.1. The zero-order valence-corrected chi connectivity index (χ0v) is 12.2. The molecule has 0 bridgehead atoms. The van der Waals surface area contributed by atoms with Crippen LogP contribution in [0.4, 0.5) is 5.69 Å². The highest BCUT2D eigenvalue weighted by Crippen LogP contribution is 2.29. The van der Waals surface area contributed by atoms with Crippen LogP contribution in [0.3, 0.4) is 0 Å². The van der Waals surface area contributed by atoms with Gasteiger partial charge in [0.15, 0.2) is 0 Å². The van der Waals surface area contributed by atoms with Gasteiger partial charge in [0.2, 0.25) is 0 Å². The molecule has 2 rings (SSSR count). The summed E-state index contributed by atoms with van der Waals surface area (Å²) in [6.45, 7) is 3.85. The molecule has 1 aromatic rings. The van der Waals surface area contributed by atoms with Crippen LogP contribution < -0.4 is 9.44 Å². The van der Waals surface area contributed by atoms with Gasteiger partial charge in [0.25, 0.3) is 10.2 Å². The third kappa shape index (κ3) is 3.43. The van der Waals surface area contributed by atoms with Crippen LogP contribution in [-0.2, 0) is 10.2 Å². The molecule has 0 aromatic heterocycles. The van der Waals surface area contributed by atoms with Gasteiger partial charge in [0.1, 0.15) is 0 Å². The fourth-order valence-electron chi connectivity index (χ4n) is 1.63.